The van der Waals surface area contributed by atoms with E-state index < -0.39 is 5.60 Å². The van der Waals surface area contributed by atoms with Crippen LogP contribution in [0.15, 0.2) is 0 Å². The van der Waals surface area contributed by atoms with Crippen molar-refractivity contribution < 1.29 is 5.11 Å². The average molecular weight is 211 g/mol. The Bertz CT molecular complexity index is 331. The fourth-order valence-electron chi connectivity index (χ4n) is 2.11. The number of β-amino-alcohol motifs (C(OH)–C–C–N with tert-alkyl or cyclic N) is 1. The van der Waals surface area contributed by atoms with Gasteiger partial charge < -0.3 is 5.11 Å². The Balaban J connectivity index is 1.80. The van der Waals surface area contributed by atoms with Crippen molar-refractivity contribution >= 4 is 0 Å². The van der Waals surface area contributed by atoms with E-state index in [0.717, 1.165) is 31.8 Å². The third-order valence-electron chi connectivity index (χ3n) is 2.67. The van der Waals surface area contributed by atoms with Crippen LogP contribution in [-0.4, -0.2) is 48.9 Å². The molecule has 0 unspecified atom stereocenters. The zero-order valence-electron chi connectivity index (χ0n) is 9.22. The van der Waals surface area contributed by atoms with Crippen molar-refractivity contribution in [3.05, 3.63) is 5.82 Å². The second-order valence-corrected chi connectivity index (χ2v) is 4.31. The summed E-state index contributed by atoms with van der Waals surface area (Å²) in [5, 5.41) is 21.7. The molecule has 0 aromatic carbocycles. The molecular weight excluding hydrogens is 194 g/mol. The van der Waals surface area contributed by atoms with Crippen LogP contribution in [0, 0.1) is 0 Å². The Hall–Kier alpha value is -1.01. The molecule has 2 heterocycles. The molecule has 2 rings (SSSR count). The monoisotopic (exact) mass is 211 g/mol. The molecule has 6 nitrogen and oxygen atoms in total. The van der Waals surface area contributed by atoms with Gasteiger partial charge in [0.15, 0.2) is 5.82 Å². The van der Waals surface area contributed by atoms with Gasteiger partial charge in [0, 0.05) is 13.1 Å². The Kier molecular flexibility index (Phi) is 2.70. The van der Waals surface area contributed by atoms with E-state index in [9.17, 15) is 5.11 Å². The van der Waals surface area contributed by atoms with Crippen molar-refractivity contribution in [1.29, 1.82) is 0 Å². The van der Waals surface area contributed by atoms with Crippen molar-refractivity contribution in [1.82, 2.24) is 25.1 Å². The number of rotatable bonds is 4. The van der Waals surface area contributed by atoms with Crippen LogP contribution in [0.4, 0.5) is 0 Å². The molecule has 0 amide bonds. The zero-order valence-corrected chi connectivity index (χ0v) is 9.22. The number of aromatic nitrogens is 4. The first kappa shape index (κ1) is 10.5. The van der Waals surface area contributed by atoms with Crippen molar-refractivity contribution in [2.75, 3.05) is 13.1 Å². The molecular formula is C9H17N5O. The largest absolute Gasteiger partial charge is 0.387 e. The summed E-state index contributed by atoms with van der Waals surface area (Å²) in [4.78, 5) is 3.58. The van der Waals surface area contributed by atoms with Crippen LogP contribution in [0.1, 0.15) is 25.6 Å². The van der Waals surface area contributed by atoms with Gasteiger partial charge in [-0.05, 0) is 11.6 Å². The maximum Gasteiger partial charge on any atom is 0.188 e. The van der Waals surface area contributed by atoms with Crippen LogP contribution in [0.25, 0.3) is 0 Å². The van der Waals surface area contributed by atoms with Gasteiger partial charge in [0.2, 0.25) is 0 Å². The van der Waals surface area contributed by atoms with Crippen LogP contribution in [0.3, 0.4) is 0 Å². The SMILES string of the molecule is CCCC1(O)CN(Cc2nnn(C)n2)C1. The van der Waals surface area contributed by atoms with Crippen molar-refractivity contribution in [3.63, 3.8) is 0 Å². The standard InChI is InChI=1S/C9H17N5O/c1-3-4-9(15)6-14(7-9)5-8-10-12-13(2)11-8/h15H,3-7H2,1-2H3. The smallest absolute Gasteiger partial charge is 0.188 e. The molecule has 1 fully saturated rings. The van der Waals surface area contributed by atoms with E-state index in [4.69, 9.17) is 0 Å². The second kappa shape index (κ2) is 3.86. The first-order chi connectivity index (χ1) is 7.11. The van der Waals surface area contributed by atoms with Gasteiger partial charge >= 0.3 is 0 Å². The van der Waals surface area contributed by atoms with Gasteiger partial charge in [-0.15, -0.1) is 10.2 Å². The second-order valence-electron chi connectivity index (χ2n) is 4.31. The summed E-state index contributed by atoms with van der Waals surface area (Å²) in [6, 6.07) is 0. The van der Waals surface area contributed by atoms with E-state index in [1.807, 2.05) is 0 Å². The third kappa shape index (κ3) is 2.32. The summed E-state index contributed by atoms with van der Waals surface area (Å²) in [6.45, 7) is 4.21. The molecule has 1 N–H and O–H groups in total. The predicted molar refractivity (Wildman–Crippen MR) is 53.9 cm³/mol. The number of nitrogens with zero attached hydrogens (tertiary/aromatic N) is 5. The Labute approximate surface area is 88.9 Å². The van der Waals surface area contributed by atoms with Gasteiger partial charge in [-0.25, -0.2) is 0 Å². The number of aliphatic hydroxyl groups is 1. The lowest BCUT2D eigenvalue weighted by molar-refractivity contribution is -0.107. The molecule has 1 aliphatic heterocycles. The van der Waals surface area contributed by atoms with Crippen LogP contribution < -0.4 is 0 Å². The quantitative estimate of drug-likeness (QED) is 0.731. The van der Waals surface area contributed by atoms with Crippen molar-refractivity contribution in [2.45, 2.75) is 31.9 Å². The Morgan fingerprint density at radius 2 is 2.20 bits per heavy atom. The van der Waals surface area contributed by atoms with Gasteiger partial charge in [0.1, 0.15) is 0 Å². The fraction of sp³-hybridized carbons (Fsp3) is 0.889. The molecule has 1 aliphatic rings. The van der Waals surface area contributed by atoms with Gasteiger partial charge in [-0.3, -0.25) is 4.90 Å². The minimum atomic E-state index is -0.475. The highest BCUT2D eigenvalue weighted by Crippen LogP contribution is 2.26. The van der Waals surface area contributed by atoms with E-state index in [1.54, 1.807) is 7.05 Å². The minimum absolute atomic E-state index is 0.475. The van der Waals surface area contributed by atoms with E-state index in [1.165, 1.54) is 4.80 Å². The van der Waals surface area contributed by atoms with E-state index >= 15 is 0 Å². The number of likely N-dealkylation sites (tertiary alicyclic amines) is 1. The van der Waals surface area contributed by atoms with Crippen LogP contribution in [0.5, 0.6) is 0 Å². The molecule has 0 spiro atoms. The van der Waals surface area contributed by atoms with Crippen molar-refractivity contribution in [3.8, 4) is 0 Å². The fourth-order valence-corrected chi connectivity index (χ4v) is 2.11. The molecule has 15 heavy (non-hydrogen) atoms. The minimum Gasteiger partial charge on any atom is -0.387 e. The summed E-state index contributed by atoms with van der Waals surface area (Å²) in [7, 11) is 1.75. The summed E-state index contributed by atoms with van der Waals surface area (Å²) in [6.07, 6.45) is 1.89. The molecule has 1 aromatic heterocycles. The van der Waals surface area contributed by atoms with Gasteiger partial charge in [0.25, 0.3) is 0 Å². The highest BCUT2D eigenvalue weighted by molar-refractivity contribution is 4.96. The highest BCUT2D eigenvalue weighted by atomic mass is 16.3. The Morgan fingerprint density at radius 1 is 1.47 bits per heavy atom. The molecule has 1 saturated heterocycles. The van der Waals surface area contributed by atoms with E-state index in [2.05, 4.69) is 27.2 Å². The molecule has 84 valence electrons. The summed E-state index contributed by atoms with van der Waals surface area (Å²) < 4.78 is 0. The number of hydrogen-bond acceptors (Lipinski definition) is 5. The molecule has 6 heteroatoms. The first-order valence-corrected chi connectivity index (χ1v) is 5.29. The van der Waals surface area contributed by atoms with Crippen LogP contribution >= 0.6 is 0 Å². The summed E-state index contributed by atoms with van der Waals surface area (Å²) in [5.41, 5.74) is -0.475. The van der Waals surface area contributed by atoms with Crippen LogP contribution in [-0.2, 0) is 13.6 Å². The normalized spacial score (nSPS) is 20.2. The van der Waals surface area contributed by atoms with Crippen molar-refractivity contribution in [2.24, 2.45) is 7.05 Å². The maximum atomic E-state index is 9.96. The maximum absolute atomic E-state index is 9.96. The average Bonchev–Trinajstić information content (AvgIpc) is 2.49. The van der Waals surface area contributed by atoms with E-state index in [-0.39, 0.29) is 0 Å². The molecule has 0 aliphatic carbocycles. The lowest BCUT2D eigenvalue weighted by atomic mass is 9.89. The summed E-state index contributed by atoms with van der Waals surface area (Å²) in [5.74, 6) is 0.719. The van der Waals surface area contributed by atoms with E-state index in [0.29, 0.717) is 6.54 Å². The predicted octanol–water partition coefficient (Wildman–Crippen LogP) is -0.443. The zero-order chi connectivity index (χ0) is 10.9. The lowest BCUT2D eigenvalue weighted by Gasteiger charge is -2.46. The number of tetrazole rings is 1. The molecule has 0 bridgehead atoms. The van der Waals surface area contributed by atoms with Gasteiger partial charge in [0.05, 0.1) is 19.2 Å². The topological polar surface area (TPSA) is 67.1 Å². The van der Waals surface area contributed by atoms with Gasteiger partial charge in [-0.2, -0.15) is 4.80 Å². The van der Waals surface area contributed by atoms with Crippen LogP contribution in [0.2, 0.25) is 0 Å². The first-order valence-electron chi connectivity index (χ1n) is 5.29. The molecule has 1 aromatic rings. The summed E-state index contributed by atoms with van der Waals surface area (Å²) >= 11 is 0. The number of hydrogen-bond donors (Lipinski definition) is 1. The highest BCUT2D eigenvalue weighted by Gasteiger charge is 2.40. The third-order valence-corrected chi connectivity index (χ3v) is 2.67. The molecule has 0 saturated carbocycles. The lowest BCUT2D eigenvalue weighted by Crippen LogP contribution is -2.61. The number of aryl methyl sites for hydroxylation is 1. The Morgan fingerprint density at radius 3 is 2.73 bits per heavy atom. The van der Waals surface area contributed by atoms with Gasteiger partial charge in [-0.1, -0.05) is 13.3 Å². The molecule has 0 atom stereocenters. The molecule has 0 radical (unpaired) electrons.